The number of carbonyl (C=O) groups is 1. The van der Waals surface area contributed by atoms with Crippen molar-refractivity contribution >= 4 is 21.6 Å². The minimum Gasteiger partial charge on any atom is -0.454 e. The van der Waals surface area contributed by atoms with Gasteiger partial charge in [0.2, 0.25) is 22.7 Å². The van der Waals surface area contributed by atoms with Crippen LogP contribution < -0.4 is 14.8 Å². The molecule has 0 bridgehead atoms. The van der Waals surface area contributed by atoms with Crippen molar-refractivity contribution in [2.24, 2.45) is 0 Å². The van der Waals surface area contributed by atoms with E-state index < -0.39 is 15.6 Å². The van der Waals surface area contributed by atoms with E-state index in [-0.39, 0.29) is 25.7 Å². The van der Waals surface area contributed by atoms with Crippen LogP contribution in [0.2, 0.25) is 0 Å². The molecular formula is C15H22N2O5S. The first-order valence-electron chi connectivity index (χ1n) is 7.25. The van der Waals surface area contributed by atoms with Crippen LogP contribution in [0.5, 0.6) is 11.5 Å². The van der Waals surface area contributed by atoms with Crippen molar-refractivity contribution in [2.75, 3.05) is 24.9 Å². The van der Waals surface area contributed by atoms with Crippen LogP contribution in [0.1, 0.15) is 27.2 Å². The van der Waals surface area contributed by atoms with Gasteiger partial charge < -0.3 is 14.8 Å². The summed E-state index contributed by atoms with van der Waals surface area (Å²) in [5.41, 5.74) is 0.00741. The zero-order valence-corrected chi connectivity index (χ0v) is 14.6. The summed E-state index contributed by atoms with van der Waals surface area (Å²) in [4.78, 5) is 12.1. The van der Waals surface area contributed by atoms with E-state index in [1.54, 1.807) is 39.0 Å². The van der Waals surface area contributed by atoms with Gasteiger partial charge in [0.05, 0.1) is 6.26 Å². The normalized spacial score (nSPS) is 14.1. The van der Waals surface area contributed by atoms with Crippen molar-refractivity contribution in [3.63, 3.8) is 0 Å². The lowest BCUT2D eigenvalue weighted by Gasteiger charge is -2.33. The lowest BCUT2D eigenvalue weighted by Crippen LogP contribution is -2.46. The molecule has 2 rings (SSSR count). The fourth-order valence-electron chi connectivity index (χ4n) is 2.40. The van der Waals surface area contributed by atoms with Gasteiger partial charge in [0.25, 0.3) is 0 Å². The summed E-state index contributed by atoms with van der Waals surface area (Å²) >= 11 is 0. The van der Waals surface area contributed by atoms with E-state index in [4.69, 9.17) is 9.47 Å². The Kier molecular flexibility index (Phi) is 4.86. The molecule has 0 aromatic heterocycles. The molecule has 1 N–H and O–H groups in total. The molecule has 1 aromatic carbocycles. The van der Waals surface area contributed by atoms with Gasteiger partial charge in [0.1, 0.15) is 0 Å². The highest BCUT2D eigenvalue weighted by Crippen LogP contribution is 2.34. The Bertz CT molecular complexity index is 694. The molecule has 23 heavy (non-hydrogen) atoms. The Balaban J connectivity index is 1.97. The number of anilines is 1. The highest BCUT2D eigenvalue weighted by Gasteiger charge is 2.29. The van der Waals surface area contributed by atoms with Gasteiger partial charge in [-0.15, -0.1) is 0 Å². The fraction of sp³-hybridized carbons (Fsp3) is 0.533. The number of rotatable bonds is 5. The predicted molar refractivity (Wildman–Crippen MR) is 87.1 cm³/mol. The van der Waals surface area contributed by atoms with Crippen LogP contribution >= 0.6 is 0 Å². The fourth-order valence-corrected chi connectivity index (χ4v) is 3.82. The Morgan fingerprint density at radius 1 is 1.26 bits per heavy atom. The van der Waals surface area contributed by atoms with Crippen LogP contribution in [0.3, 0.4) is 0 Å². The molecule has 0 saturated heterocycles. The average molecular weight is 342 g/mol. The molecule has 128 valence electrons. The molecule has 1 heterocycles. The van der Waals surface area contributed by atoms with Gasteiger partial charge in [-0.3, -0.25) is 4.79 Å². The molecule has 1 aromatic rings. The van der Waals surface area contributed by atoms with Crippen LogP contribution in [0, 0.1) is 0 Å². The smallest absolute Gasteiger partial charge is 0.231 e. The molecule has 0 fully saturated rings. The number of benzene rings is 1. The molecule has 1 aliphatic heterocycles. The minimum atomic E-state index is -3.38. The van der Waals surface area contributed by atoms with Crippen LogP contribution in [0.4, 0.5) is 5.69 Å². The largest absolute Gasteiger partial charge is 0.454 e. The quantitative estimate of drug-likeness (QED) is 0.882. The summed E-state index contributed by atoms with van der Waals surface area (Å²) in [6.07, 6.45) is 1.22. The number of sulfonamides is 1. The van der Waals surface area contributed by atoms with E-state index in [1.165, 1.54) is 4.31 Å². The van der Waals surface area contributed by atoms with Gasteiger partial charge in [0, 0.05) is 30.3 Å². The first-order valence-corrected chi connectivity index (χ1v) is 9.09. The van der Waals surface area contributed by atoms with Gasteiger partial charge in [0.15, 0.2) is 11.5 Å². The Morgan fingerprint density at radius 3 is 2.52 bits per heavy atom. The van der Waals surface area contributed by atoms with E-state index in [0.717, 1.165) is 6.26 Å². The molecule has 0 spiro atoms. The van der Waals surface area contributed by atoms with Gasteiger partial charge in [-0.1, -0.05) is 0 Å². The molecule has 0 radical (unpaired) electrons. The maximum absolute atomic E-state index is 12.1. The summed E-state index contributed by atoms with van der Waals surface area (Å²) < 4.78 is 35.5. The standard InChI is InChI=1S/C15H22N2O5S/c1-15(2,3)17(23(4,19)20)8-7-14(18)16-11-5-6-12-13(9-11)22-10-21-12/h5-6,9H,7-8,10H2,1-4H3,(H,16,18). The zero-order valence-electron chi connectivity index (χ0n) is 13.8. The maximum atomic E-state index is 12.1. The number of nitrogens with one attached hydrogen (secondary N) is 1. The second kappa shape index (κ2) is 6.37. The van der Waals surface area contributed by atoms with Gasteiger partial charge in [-0.2, -0.15) is 4.31 Å². The number of amides is 1. The minimum absolute atomic E-state index is 0.0682. The lowest BCUT2D eigenvalue weighted by molar-refractivity contribution is -0.116. The van der Waals surface area contributed by atoms with Gasteiger partial charge in [-0.05, 0) is 32.9 Å². The van der Waals surface area contributed by atoms with E-state index in [2.05, 4.69) is 5.32 Å². The molecule has 1 aliphatic rings. The second-order valence-electron chi connectivity index (χ2n) is 6.37. The number of fused-ring (bicyclic) bond motifs is 1. The molecular weight excluding hydrogens is 320 g/mol. The average Bonchev–Trinajstić information content (AvgIpc) is 2.82. The molecule has 0 aliphatic carbocycles. The molecule has 1 amide bonds. The monoisotopic (exact) mass is 342 g/mol. The highest BCUT2D eigenvalue weighted by molar-refractivity contribution is 7.88. The number of carbonyl (C=O) groups excluding carboxylic acids is 1. The molecule has 8 heteroatoms. The first-order chi connectivity index (χ1) is 10.6. The summed E-state index contributed by atoms with van der Waals surface area (Å²) in [6.45, 7) is 5.68. The topological polar surface area (TPSA) is 84.9 Å². The third kappa shape index (κ3) is 4.59. The second-order valence-corrected chi connectivity index (χ2v) is 8.28. The predicted octanol–water partition coefficient (Wildman–Crippen LogP) is 1.80. The van der Waals surface area contributed by atoms with E-state index in [9.17, 15) is 13.2 Å². The van der Waals surface area contributed by atoms with Crippen molar-refractivity contribution in [3.8, 4) is 11.5 Å². The summed E-state index contributed by atoms with van der Waals surface area (Å²) in [7, 11) is -3.38. The van der Waals surface area contributed by atoms with Crippen molar-refractivity contribution in [1.82, 2.24) is 4.31 Å². The third-order valence-electron chi connectivity index (χ3n) is 3.35. The summed E-state index contributed by atoms with van der Waals surface area (Å²) in [5, 5.41) is 2.73. The van der Waals surface area contributed by atoms with Crippen LogP contribution in [0.25, 0.3) is 0 Å². The Morgan fingerprint density at radius 2 is 1.91 bits per heavy atom. The van der Waals surface area contributed by atoms with Crippen LogP contribution in [0.15, 0.2) is 18.2 Å². The first kappa shape index (κ1) is 17.6. The van der Waals surface area contributed by atoms with E-state index in [0.29, 0.717) is 17.2 Å². The number of hydrogen-bond acceptors (Lipinski definition) is 5. The SMILES string of the molecule is CC(C)(C)N(CCC(=O)Nc1ccc2c(c1)OCO2)S(C)(=O)=O. The number of hydrogen-bond donors (Lipinski definition) is 1. The highest BCUT2D eigenvalue weighted by atomic mass is 32.2. The van der Waals surface area contributed by atoms with Crippen molar-refractivity contribution in [2.45, 2.75) is 32.7 Å². The van der Waals surface area contributed by atoms with Crippen molar-refractivity contribution < 1.29 is 22.7 Å². The summed E-state index contributed by atoms with van der Waals surface area (Å²) in [5.74, 6) is 0.955. The van der Waals surface area contributed by atoms with E-state index >= 15 is 0 Å². The summed E-state index contributed by atoms with van der Waals surface area (Å²) in [6, 6.07) is 5.11. The van der Waals surface area contributed by atoms with Gasteiger partial charge in [-0.25, -0.2) is 8.42 Å². The molecule has 0 saturated carbocycles. The number of nitrogens with zero attached hydrogens (tertiary/aromatic N) is 1. The maximum Gasteiger partial charge on any atom is 0.231 e. The molecule has 0 unspecified atom stereocenters. The van der Waals surface area contributed by atoms with E-state index in [1.807, 2.05) is 0 Å². The molecule has 0 atom stereocenters. The van der Waals surface area contributed by atoms with Crippen LogP contribution in [-0.4, -0.2) is 43.8 Å². The van der Waals surface area contributed by atoms with Crippen molar-refractivity contribution in [3.05, 3.63) is 18.2 Å². The van der Waals surface area contributed by atoms with Crippen molar-refractivity contribution in [1.29, 1.82) is 0 Å². The van der Waals surface area contributed by atoms with Crippen LogP contribution in [-0.2, 0) is 14.8 Å². The zero-order chi connectivity index (χ0) is 17.3. The lowest BCUT2D eigenvalue weighted by atomic mass is 10.1. The third-order valence-corrected chi connectivity index (χ3v) is 4.88. The molecule has 7 nitrogen and oxygen atoms in total. The van der Waals surface area contributed by atoms with Gasteiger partial charge >= 0.3 is 0 Å². The Hall–Kier alpha value is -1.80. The number of ether oxygens (including phenoxy) is 2. The Labute approximate surface area is 136 Å².